The molecule has 1 aromatic carbocycles. The van der Waals surface area contributed by atoms with E-state index in [1.54, 1.807) is 12.4 Å². The first-order valence-electron chi connectivity index (χ1n) is 6.83. The van der Waals surface area contributed by atoms with Crippen LogP contribution in [0.2, 0.25) is 0 Å². The van der Waals surface area contributed by atoms with Crippen LogP contribution in [0.3, 0.4) is 0 Å². The number of nitrogens with one attached hydrogen (secondary N) is 1. The summed E-state index contributed by atoms with van der Waals surface area (Å²) in [5, 5.41) is 3.37. The Kier molecular flexibility index (Phi) is 4.96. The molecule has 1 heterocycles. The Bertz CT molecular complexity index is 606. The summed E-state index contributed by atoms with van der Waals surface area (Å²) in [4.78, 5) is 8.67. The lowest BCUT2D eigenvalue weighted by atomic mass is 10.1. The zero-order chi connectivity index (χ0) is 15.5. The Morgan fingerprint density at radius 3 is 2.52 bits per heavy atom. The molecule has 0 aliphatic carbocycles. The van der Waals surface area contributed by atoms with Crippen LogP contribution in [0, 0.1) is 6.92 Å². The summed E-state index contributed by atoms with van der Waals surface area (Å²) in [5.41, 5.74) is 2.00. The molecule has 0 bridgehead atoms. The number of benzene rings is 1. The van der Waals surface area contributed by atoms with E-state index in [0.717, 1.165) is 21.5 Å². The van der Waals surface area contributed by atoms with Crippen LogP contribution in [-0.2, 0) is 6.54 Å². The Balaban J connectivity index is 2.02. The Morgan fingerprint density at radius 1 is 1.19 bits per heavy atom. The molecular formula is C16H20BrN3O. The highest BCUT2D eigenvalue weighted by atomic mass is 79.9. The highest BCUT2D eigenvalue weighted by Crippen LogP contribution is 2.25. The maximum Gasteiger partial charge on any atom is 0.237 e. The number of rotatable bonds is 4. The maximum absolute atomic E-state index is 5.75. The fraction of sp³-hybridized carbons (Fsp3) is 0.375. The minimum absolute atomic E-state index is 0.0609. The van der Waals surface area contributed by atoms with Crippen molar-refractivity contribution in [2.45, 2.75) is 39.8 Å². The number of hydrogen-bond acceptors (Lipinski definition) is 4. The minimum Gasteiger partial charge on any atom is -0.437 e. The summed E-state index contributed by atoms with van der Waals surface area (Å²) in [6.45, 7) is 9.04. The zero-order valence-electron chi connectivity index (χ0n) is 12.8. The molecule has 21 heavy (non-hydrogen) atoms. The van der Waals surface area contributed by atoms with Crippen LogP contribution in [-0.4, -0.2) is 15.5 Å². The molecule has 0 saturated heterocycles. The van der Waals surface area contributed by atoms with Crippen LogP contribution >= 0.6 is 15.9 Å². The molecule has 0 aliphatic heterocycles. The monoisotopic (exact) mass is 349 g/mol. The Hall–Kier alpha value is -1.46. The molecule has 0 fully saturated rings. The van der Waals surface area contributed by atoms with Crippen LogP contribution in [0.25, 0.3) is 0 Å². The molecule has 112 valence electrons. The number of aryl methyl sites for hydroxylation is 1. The summed E-state index contributed by atoms with van der Waals surface area (Å²) in [6.07, 6.45) is 3.39. The molecule has 2 rings (SSSR count). The molecule has 0 radical (unpaired) electrons. The topological polar surface area (TPSA) is 47.0 Å². The highest BCUT2D eigenvalue weighted by molar-refractivity contribution is 9.10. The zero-order valence-corrected chi connectivity index (χ0v) is 14.4. The summed E-state index contributed by atoms with van der Waals surface area (Å²) in [6, 6.07) is 5.86. The highest BCUT2D eigenvalue weighted by Gasteiger charge is 2.09. The molecule has 1 N–H and O–H groups in total. The molecule has 4 nitrogen and oxygen atoms in total. The molecule has 0 atom stereocenters. The number of ether oxygens (including phenoxy) is 1. The number of halogens is 1. The normalized spacial score (nSPS) is 11.5. The number of nitrogens with zero attached hydrogens (tertiary/aromatic N) is 2. The van der Waals surface area contributed by atoms with Crippen LogP contribution in [0.15, 0.2) is 35.1 Å². The molecule has 2 aromatic rings. The first-order valence-corrected chi connectivity index (χ1v) is 7.63. The maximum atomic E-state index is 5.75. The average molecular weight is 350 g/mol. The number of hydrogen-bond donors (Lipinski definition) is 1. The molecule has 1 aromatic heterocycles. The average Bonchev–Trinajstić information content (AvgIpc) is 2.40. The quantitative estimate of drug-likeness (QED) is 0.897. The van der Waals surface area contributed by atoms with Gasteiger partial charge in [0.25, 0.3) is 0 Å². The van der Waals surface area contributed by atoms with Crippen molar-refractivity contribution in [1.82, 2.24) is 15.3 Å². The lowest BCUT2D eigenvalue weighted by molar-refractivity contribution is 0.418. The Labute approximate surface area is 134 Å². The molecule has 0 amide bonds. The molecule has 5 heteroatoms. The minimum atomic E-state index is 0.0609. The van der Waals surface area contributed by atoms with Crippen molar-refractivity contribution in [2.24, 2.45) is 0 Å². The summed E-state index contributed by atoms with van der Waals surface area (Å²) >= 11 is 3.43. The van der Waals surface area contributed by atoms with Crippen molar-refractivity contribution in [3.63, 3.8) is 0 Å². The van der Waals surface area contributed by atoms with Crippen molar-refractivity contribution in [1.29, 1.82) is 0 Å². The summed E-state index contributed by atoms with van der Waals surface area (Å²) in [5.74, 6) is 1.29. The van der Waals surface area contributed by atoms with Gasteiger partial charge >= 0.3 is 0 Å². The van der Waals surface area contributed by atoms with Gasteiger partial charge in [0.05, 0.1) is 18.1 Å². The van der Waals surface area contributed by atoms with E-state index >= 15 is 0 Å². The molecule has 0 saturated carbocycles. The van der Waals surface area contributed by atoms with Gasteiger partial charge < -0.3 is 10.1 Å². The van der Waals surface area contributed by atoms with E-state index in [2.05, 4.69) is 52.0 Å². The first-order chi connectivity index (χ1) is 9.83. The lowest BCUT2D eigenvalue weighted by Gasteiger charge is -2.19. The third kappa shape index (κ3) is 5.10. The van der Waals surface area contributed by atoms with Gasteiger partial charge in [-0.15, -0.1) is 0 Å². The van der Waals surface area contributed by atoms with Gasteiger partial charge in [-0.2, -0.15) is 0 Å². The van der Waals surface area contributed by atoms with Crippen molar-refractivity contribution < 1.29 is 4.74 Å². The van der Waals surface area contributed by atoms with Gasteiger partial charge in [0.1, 0.15) is 5.75 Å². The molecule has 0 unspecified atom stereocenters. The van der Waals surface area contributed by atoms with E-state index in [0.29, 0.717) is 12.4 Å². The second-order valence-corrected chi connectivity index (χ2v) is 6.88. The van der Waals surface area contributed by atoms with Crippen LogP contribution in [0.4, 0.5) is 0 Å². The lowest BCUT2D eigenvalue weighted by Crippen LogP contribution is -2.35. The second-order valence-electron chi connectivity index (χ2n) is 5.96. The van der Waals surface area contributed by atoms with E-state index in [4.69, 9.17) is 4.74 Å². The fourth-order valence-electron chi connectivity index (χ4n) is 1.68. The van der Waals surface area contributed by atoms with Gasteiger partial charge in [0, 0.05) is 16.6 Å². The largest absolute Gasteiger partial charge is 0.437 e. The predicted molar refractivity (Wildman–Crippen MR) is 87.6 cm³/mol. The van der Waals surface area contributed by atoms with Gasteiger partial charge in [0.2, 0.25) is 5.88 Å². The second kappa shape index (κ2) is 6.54. The van der Waals surface area contributed by atoms with Crippen molar-refractivity contribution in [3.05, 3.63) is 46.3 Å². The summed E-state index contributed by atoms with van der Waals surface area (Å²) in [7, 11) is 0. The standard InChI is InChI=1S/C16H20BrN3O/c1-11-7-12(17)5-6-14(11)21-15-10-18-13(8-19-15)9-20-16(2,3)4/h5-8,10,20H,9H2,1-4H3. The SMILES string of the molecule is Cc1cc(Br)ccc1Oc1cnc(CNC(C)(C)C)cn1. The third-order valence-electron chi connectivity index (χ3n) is 2.83. The fourth-order valence-corrected chi connectivity index (χ4v) is 2.16. The van der Waals surface area contributed by atoms with Gasteiger partial charge in [-0.05, 0) is 51.5 Å². The van der Waals surface area contributed by atoms with E-state index in [-0.39, 0.29) is 5.54 Å². The van der Waals surface area contributed by atoms with Crippen LogP contribution in [0.1, 0.15) is 32.0 Å². The van der Waals surface area contributed by atoms with Gasteiger partial charge in [-0.3, -0.25) is 4.98 Å². The first kappa shape index (κ1) is 15.9. The number of aromatic nitrogens is 2. The summed E-state index contributed by atoms with van der Waals surface area (Å²) < 4.78 is 6.78. The van der Waals surface area contributed by atoms with Gasteiger partial charge in [-0.25, -0.2) is 4.98 Å². The molecular weight excluding hydrogens is 330 g/mol. The van der Waals surface area contributed by atoms with E-state index in [9.17, 15) is 0 Å². The Morgan fingerprint density at radius 2 is 1.95 bits per heavy atom. The molecule has 0 spiro atoms. The third-order valence-corrected chi connectivity index (χ3v) is 3.33. The van der Waals surface area contributed by atoms with Crippen LogP contribution in [0.5, 0.6) is 11.6 Å². The van der Waals surface area contributed by atoms with Crippen molar-refractivity contribution >= 4 is 15.9 Å². The molecule has 0 aliphatic rings. The van der Waals surface area contributed by atoms with E-state index in [1.165, 1.54) is 0 Å². The van der Waals surface area contributed by atoms with Gasteiger partial charge in [0.15, 0.2) is 0 Å². The van der Waals surface area contributed by atoms with E-state index < -0.39 is 0 Å². The van der Waals surface area contributed by atoms with Crippen LogP contribution < -0.4 is 10.1 Å². The van der Waals surface area contributed by atoms with Gasteiger partial charge in [-0.1, -0.05) is 15.9 Å². The smallest absolute Gasteiger partial charge is 0.237 e. The van der Waals surface area contributed by atoms with Crippen molar-refractivity contribution in [3.8, 4) is 11.6 Å². The van der Waals surface area contributed by atoms with Crippen molar-refractivity contribution in [2.75, 3.05) is 0 Å². The predicted octanol–water partition coefficient (Wildman–Crippen LogP) is 4.23. The van der Waals surface area contributed by atoms with E-state index in [1.807, 2.05) is 25.1 Å².